The number of barbiturate groups is 1. The van der Waals surface area contributed by atoms with E-state index in [2.05, 4.69) is 11.9 Å². The first-order valence-corrected chi connectivity index (χ1v) is 8.73. The lowest BCUT2D eigenvalue weighted by molar-refractivity contribution is -0.122. The van der Waals surface area contributed by atoms with Crippen molar-refractivity contribution >= 4 is 29.6 Å². The Morgan fingerprint density at radius 3 is 2.39 bits per heavy atom. The lowest BCUT2D eigenvalue weighted by Gasteiger charge is -2.26. The van der Waals surface area contributed by atoms with Crippen molar-refractivity contribution in [3.05, 3.63) is 77.4 Å². The molecule has 0 aliphatic carbocycles. The monoisotopic (exact) mass is 376 g/mol. The second kappa shape index (κ2) is 7.92. The zero-order valence-corrected chi connectivity index (χ0v) is 15.7. The Labute approximate surface area is 163 Å². The molecule has 0 radical (unpaired) electrons. The van der Waals surface area contributed by atoms with Gasteiger partial charge in [-0.25, -0.2) is 9.69 Å². The number of benzene rings is 2. The van der Waals surface area contributed by atoms with Crippen LogP contribution in [-0.4, -0.2) is 24.5 Å². The van der Waals surface area contributed by atoms with Gasteiger partial charge in [-0.3, -0.25) is 14.9 Å². The Kier molecular flexibility index (Phi) is 5.40. The van der Waals surface area contributed by atoms with Crippen LogP contribution in [0.4, 0.5) is 10.5 Å². The van der Waals surface area contributed by atoms with Gasteiger partial charge in [-0.2, -0.15) is 0 Å². The maximum atomic E-state index is 12.9. The molecule has 6 nitrogen and oxygen atoms in total. The fraction of sp³-hybridized carbons (Fsp3) is 0.136. The smallest absolute Gasteiger partial charge is 0.335 e. The van der Waals surface area contributed by atoms with E-state index in [1.54, 1.807) is 42.5 Å². The van der Waals surface area contributed by atoms with Crippen molar-refractivity contribution in [2.45, 2.75) is 13.8 Å². The lowest BCUT2D eigenvalue weighted by atomic mass is 10.1. The third kappa shape index (κ3) is 3.86. The topological polar surface area (TPSA) is 75.7 Å². The van der Waals surface area contributed by atoms with E-state index in [0.717, 1.165) is 16.0 Å². The quantitative estimate of drug-likeness (QED) is 0.492. The third-order valence-electron chi connectivity index (χ3n) is 4.41. The molecule has 0 bridgehead atoms. The number of anilines is 1. The average Bonchev–Trinajstić information content (AvgIpc) is 2.67. The Bertz CT molecular complexity index is 990. The molecule has 1 N–H and O–H groups in total. The molecule has 6 heteroatoms. The lowest BCUT2D eigenvalue weighted by Crippen LogP contribution is -2.54. The van der Waals surface area contributed by atoms with E-state index in [1.807, 2.05) is 19.9 Å². The number of urea groups is 1. The Balaban J connectivity index is 1.91. The number of imide groups is 2. The van der Waals surface area contributed by atoms with Gasteiger partial charge in [0.1, 0.15) is 17.9 Å². The molecule has 1 fully saturated rings. The summed E-state index contributed by atoms with van der Waals surface area (Å²) in [6.07, 6.45) is 3.09. The summed E-state index contributed by atoms with van der Waals surface area (Å²) < 4.78 is 5.41. The Hall–Kier alpha value is -3.67. The van der Waals surface area contributed by atoms with E-state index in [-0.39, 0.29) is 5.57 Å². The Morgan fingerprint density at radius 1 is 1.04 bits per heavy atom. The van der Waals surface area contributed by atoms with Crippen LogP contribution in [0, 0.1) is 13.8 Å². The van der Waals surface area contributed by atoms with Crippen molar-refractivity contribution < 1.29 is 19.1 Å². The molecule has 0 spiro atoms. The molecular formula is C22H20N2O4. The zero-order valence-electron chi connectivity index (χ0n) is 15.7. The maximum Gasteiger partial charge on any atom is 0.335 e. The van der Waals surface area contributed by atoms with Crippen molar-refractivity contribution in [3.8, 4) is 5.75 Å². The van der Waals surface area contributed by atoms with Gasteiger partial charge in [0, 0.05) is 0 Å². The third-order valence-corrected chi connectivity index (χ3v) is 4.41. The zero-order chi connectivity index (χ0) is 20.3. The fourth-order valence-corrected chi connectivity index (χ4v) is 2.74. The fourth-order valence-electron chi connectivity index (χ4n) is 2.74. The molecule has 28 heavy (non-hydrogen) atoms. The van der Waals surface area contributed by atoms with Crippen LogP contribution in [0.5, 0.6) is 5.75 Å². The number of nitrogens with one attached hydrogen (secondary N) is 1. The second-order valence-corrected chi connectivity index (χ2v) is 6.40. The first-order valence-electron chi connectivity index (χ1n) is 8.73. The minimum Gasteiger partial charge on any atom is -0.490 e. The van der Waals surface area contributed by atoms with Crippen molar-refractivity contribution in [3.63, 3.8) is 0 Å². The highest BCUT2D eigenvalue weighted by Crippen LogP contribution is 2.24. The van der Waals surface area contributed by atoms with Crippen molar-refractivity contribution in [1.29, 1.82) is 0 Å². The van der Waals surface area contributed by atoms with Gasteiger partial charge in [0.25, 0.3) is 11.8 Å². The molecule has 2 aromatic carbocycles. The summed E-state index contributed by atoms with van der Waals surface area (Å²) in [7, 11) is 0. The highest BCUT2D eigenvalue weighted by atomic mass is 16.5. The second-order valence-electron chi connectivity index (χ2n) is 6.40. The number of carbonyl (C=O) groups is 3. The van der Waals surface area contributed by atoms with Gasteiger partial charge in [-0.15, -0.1) is 0 Å². The number of hydrogen-bond acceptors (Lipinski definition) is 4. The Morgan fingerprint density at radius 2 is 1.75 bits per heavy atom. The van der Waals surface area contributed by atoms with Gasteiger partial charge in [0.2, 0.25) is 0 Å². The summed E-state index contributed by atoms with van der Waals surface area (Å²) in [5.41, 5.74) is 2.92. The van der Waals surface area contributed by atoms with Gasteiger partial charge in [-0.1, -0.05) is 30.9 Å². The molecule has 0 atom stereocenters. The van der Waals surface area contributed by atoms with Crippen molar-refractivity contribution in [2.75, 3.05) is 11.5 Å². The van der Waals surface area contributed by atoms with E-state index >= 15 is 0 Å². The summed E-state index contributed by atoms with van der Waals surface area (Å²) in [5, 5.41) is 2.23. The van der Waals surface area contributed by atoms with E-state index < -0.39 is 17.8 Å². The molecule has 1 aliphatic rings. The molecular weight excluding hydrogens is 356 g/mol. The molecule has 0 aromatic heterocycles. The van der Waals surface area contributed by atoms with Gasteiger partial charge in [0.05, 0.1) is 5.69 Å². The molecule has 1 aliphatic heterocycles. The molecule has 0 unspecified atom stereocenters. The van der Waals surface area contributed by atoms with Crippen LogP contribution in [0.3, 0.4) is 0 Å². The van der Waals surface area contributed by atoms with E-state index in [4.69, 9.17) is 4.74 Å². The molecule has 2 aromatic rings. The van der Waals surface area contributed by atoms with Crippen LogP contribution in [0.15, 0.2) is 60.7 Å². The molecule has 1 heterocycles. The van der Waals surface area contributed by atoms with E-state index in [1.165, 1.54) is 6.08 Å². The van der Waals surface area contributed by atoms with Crippen LogP contribution in [0.1, 0.15) is 16.7 Å². The summed E-state index contributed by atoms with van der Waals surface area (Å²) in [6, 6.07) is 11.4. The van der Waals surface area contributed by atoms with Crippen LogP contribution in [0.2, 0.25) is 0 Å². The molecule has 0 saturated carbocycles. The molecule has 142 valence electrons. The SMILES string of the molecule is C=CCOc1ccc(/C=C2\C(=O)NC(=O)N(c3ccc(C)c(C)c3)C2=O)cc1. The van der Waals surface area contributed by atoms with Crippen LogP contribution in [-0.2, 0) is 9.59 Å². The average molecular weight is 376 g/mol. The summed E-state index contributed by atoms with van der Waals surface area (Å²) in [5.74, 6) is -0.737. The number of rotatable bonds is 5. The normalized spacial score (nSPS) is 15.6. The molecule has 1 saturated heterocycles. The van der Waals surface area contributed by atoms with Crippen LogP contribution < -0.4 is 15.0 Å². The predicted molar refractivity (Wildman–Crippen MR) is 107 cm³/mol. The van der Waals surface area contributed by atoms with Crippen LogP contribution in [0.25, 0.3) is 6.08 Å². The first kappa shape index (κ1) is 19.1. The minimum atomic E-state index is -0.761. The number of carbonyl (C=O) groups excluding carboxylic acids is 3. The van der Waals surface area contributed by atoms with Crippen molar-refractivity contribution in [1.82, 2.24) is 5.32 Å². The van der Waals surface area contributed by atoms with Gasteiger partial charge in [-0.05, 0) is 60.9 Å². The number of nitrogens with zero attached hydrogens (tertiary/aromatic N) is 1. The number of hydrogen-bond donors (Lipinski definition) is 1. The molecule has 3 rings (SSSR count). The van der Waals surface area contributed by atoms with Gasteiger partial charge < -0.3 is 4.74 Å². The molecule has 4 amide bonds. The number of ether oxygens (including phenoxy) is 1. The van der Waals surface area contributed by atoms with Crippen molar-refractivity contribution in [2.24, 2.45) is 0 Å². The van der Waals surface area contributed by atoms with E-state index in [0.29, 0.717) is 23.6 Å². The van der Waals surface area contributed by atoms with E-state index in [9.17, 15) is 14.4 Å². The predicted octanol–water partition coefficient (Wildman–Crippen LogP) is 3.53. The summed E-state index contributed by atoms with van der Waals surface area (Å²) in [4.78, 5) is 38.4. The summed E-state index contributed by atoms with van der Waals surface area (Å²) in [6.45, 7) is 7.80. The largest absolute Gasteiger partial charge is 0.490 e. The number of aryl methyl sites for hydroxylation is 2. The van der Waals surface area contributed by atoms with Gasteiger partial charge in [0.15, 0.2) is 0 Å². The van der Waals surface area contributed by atoms with Gasteiger partial charge >= 0.3 is 6.03 Å². The maximum absolute atomic E-state index is 12.9. The minimum absolute atomic E-state index is 0.113. The van der Waals surface area contributed by atoms with Crippen LogP contribution >= 0.6 is 0 Å². The first-order chi connectivity index (χ1) is 13.4. The standard InChI is InChI=1S/C22H20N2O4/c1-4-11-28-18-9-6-16(7-10-18)13-19-20(25)23-22(27)24(21(19)26)17-8-5-14(2)15(3)12-17/h4-10,12-13H,1,11H2,2-3H3,(H,23,25,27)/b19-13+. The number of amides is 4. The highest BCUT2D eigenvalue weighted by molar-refractivity contribution is 6.39. The summed E-state index contributed by atoms with van der Waals surface area (Å²) >= 11 is 0. The highest BCUT2D eigenvalue weighted by Gasteiger charge is 2.36.